The molecule has 1 fully saturated rings. The summed E-state index contributed by atoms with van der Waals surface area (Å²) in [5, 5.41) is 37.4. The van der Waals surface area contributed by atoms with Crippen LogP contribution in [0.5, 0.6) is 0 Å². The van der Waals surface area contributed by atoms with Crippen molar-refractivity contribution in [3.63, 3.8) is 0 Å². The Morgan fingerprint density at radius 1 is 1.14 bits per heavy atom. The molecule has 4 heterocycles. The van der Waals surface area contributed by atoms with Crippen LogP contribution in [0.1, 0.15) is 18.0 Å². The van der Waals surface area contributed by atoms with E-state index in [1.165, 1.54) is 23.9 Å². The summed E-state index contributed by atoms with van der Waals surface area (Å²) in [6.07, 6.45) is -5.51. The molecule has 5 aromatic rings. The largest absolute Gasteiger partial charge is 0.394 e. The second-order valence-corrected chi connectivity index (χ2v) is 11.0. The third kappa shape index (κ3) is 5.31. The van der Waals surface area contributed by atoms with Gasteiger partial charge in [-0.1, -0.05) is 5.21 Å². The van der Waals surface area contributed by atoms with Gasteiger partial charge in [0.1, 0.15) is 60.7 Å². The van der Waals surface area contributed by atoms with Crippen molar-refractivity contribution in [1.29, 1.82) is 0 Å². The number of alkyl halides is 2. The number of rotatable bonds is 8. The van der Waals surface area contributed by atoms with Crippen LogP contribution in [0.2, 0.25) is 0 Å². The molecule has 1 unspecified atom stereocenters. The molecule has 0 aliphatic carbocycles. The molecule has 1 aliphatic heterocycles. The number of hydrogen-bond acceptors (Lipinski definition) is 10. The highest BCUT2D eigenvalue weighted by molar-refractivity contribution is 9.10. The molecular formula is C25H20BrF4N7O4S. The molecule has 2 aromatic carbocycles. The highest BCUT2D eigenvalue weighted by Crippen LogP contribution is 2.41. The van der Waals surface area contributed by atoms with Gasteiger partial charge in [0.15, 0.2) is 5.82 Å². The average molecular weight is 670 g/mol. The van der Waals surface area contributed by atoms with Crippen molar-refractivity contribution in [2.24, 2.45) is 0 Å². The Morgan fingerprint density at radius 3 is 2.67 bits per heavy atom. The van der Waals surface area contributed by atoms with Crippen molar-refractivity contribution in [1.82, 2.24) is 34.7 Å². The van der Waals surface area contributed by atoms with Crippen LogP contribution in [0, 0.1) is 11.6 Å². The normalized spacial score (nSPS) is 22.8. The number of hydrogen-bond donors (Lipinski definition) is 2. The van der Waals surface area contributed by atoms with Gasteiger partial charge in [-0.3, -0.25) is 4.57 Å². The molecule has 1 saturated heterocycles. The van der Waals surface area contributed by atoms with E-state index in [1.54, 1.807) is 22.2 Å². The number of halogens is 5. The van der Waals surface area contributed by atoms with Crippen LogP contribution < -0.4 is 0 Å². The Kier molecular flexibility index (Phi) is 8.03. The van der Waals surface area contributed by atoms with E-state index in [0.29, 0.717) is 5.69 Å². The molecule has 42 heavy (non-hydrogen) atoms. The first-order valence-electron chi connectivity index (χ1n) is 12.4. The molecule has 17 heteroatoms. The van der Waals surface area contributed by atoms with Gasteiger partial charge in [0.25, 0.3) is 6.43 Å². The lowest BCUT2D eigenvalue weighted by Crippen LogP contribution is -2.54. The second kappa shape index (κ2) is 11.7. The van der Waals surface area contributed by atoms with Crippen molar-refractivity contribution < 1.29 is 37.2 Å². The maximum absolute atomic E-state index is 14.2. The van der Waals surface area contributed by atoms with Crippen LogP contribution in [0.4, 0.5) is 17.6 Å². The molecule has 1 aliphatic rings. The summed E-state index contributed by atoms with van der Waals surface area (Å²) in [6.45, 7) is -1.68. The molecular weight excluding hydrogens is 650 g/mol. The quantitative estimate of drug-likeness (QED) is 0.187. The van der Waals surface area contributed by atoms with Crippen molar-refractivity contribution in [3.8, 4) is 16.9 Å². The Bertz CT molecular complexity index is 1700. The van der Waals surface area contributed by atoms with Crippen LogP contribution in [0.3, 0.4) is 0 Å². The van der Waals surface area contributed by atoms with Gasteiger partial charge in [0.2, 0.25) is 0 Å². The van der Waals surface area contributed by atoms with Gasteiger partial charge in [0.05, 0.1) is 33.0 Å². The van der Waals surface area contributed by atoms with Crippen LogP contribution >= 0.6 is 27.3 Å². The summed E-state index contributed by atoms with van der Waals surface area (Å²) in [5.74, 6) is -1.61. The summed E-state index contributed by atoms with van der Waals surface area (Å²) in [6, 6.07) is 6.23. The summed E-state index contributed by atoms with van der Waals surface area (Å²) in [5.41, 5.74) is 3.17. The predicted molar refractivity (Wildman–Crippen MR) is 143 cm³/mol. The first-order valence-corrected chi connectivity index (χ1v) is 14.1. The summed E-state index contributed by atoms with van der Waals surface area (Å²) >= 11 is 4.23. The fourth-order valence-corrected chi connectivity index (χ4v) is 5.80. The van der Waals surface area contributed by atoms with Gasteiger partial charge in [-0.05, 0) is 46.3 Å². The Balaban J connectivity index is 1.42. The van der Waals surface area contributed by atoms with E-state index in [2.05, 4.69) is 41.4 Å². The number of fused-ring (bicyclic) bond motifs is 1. The molecule has 0 spiro atoms. The zero-order valence-corrected chi connectivity index (χ0v) is 23.5. The average Bonchev–Trinajstić information content (AvgIpc) is 3.75. The smallest absolute Gasteiger partial charge is 0.261 e. The minimum Gasteiger partial charge on any atom is -0.394 e. The summed E-state index contributed by atoms with van der Waals surface area (Å²) < 4.78 is 70.1. The molecule has 0 radical (unpaired) electrons. The topological polar surface area (TPSA) is 133 Å². The maximum Gasteiger partial charge on any atom is 0.261 e. The number of aliphatic hydroxyl groups excluding tert-OH is 2. The Labute approximate surface area is 246 Å². The summed E-state index contributed by atoms with van der Waals surface area (Å²) in [4.78, 5) is 4.26. The van der Waals surface area contributed by atoms with Crippen molar-refractivity contribution >= 4 is 37.5 Å². The molecule has 5 atom stereocenters. The van der Waals surface area contributed by atoms with E-state index in [9.17, 15) is 27.8 Å². The molecule has 220 valence electrons. The van der Waals surface area contributed by atoms with Crippen LogP contribution in [-0.2, 0) is 9.47 Å². The molecule has 6 rings (SSSR count). The van der Waals surface area contributed by atoms with E-state index in [0.717, 1.165) is 27.0 Å². The van der Waals surface area contributed by atoms with Gasteiger partial charge in [-0.25, -0.2) is 27.2 Å². The zero-order chi connectivity index (χ0) is 29.5. The van der Waals surface area contributed by atoms with Crippen molar-refractivity contribution in [2.45, 2.75) is 36.9 Å². The van der Waals surface area contributed by atoms with E-state index >= 15 is 0 Å². The Morgan fingerprint density at radius 2 is 1.93 bits per heavy atom. The van der Waals surface area contributed by atoms with Crippen LogP contribution in [0.25, 0.3) is 27.2 Å². The monoisotopic (exact) mass is 669 g/mol. The Hall–Kier alpha value is -3.35. The SMILES string of the molecule is OC[C@H]1O[C@@H](c2nncn2-c2ccc3ncsc3c2)C(OCC(F)F)[C@@H](n2cc(-c3cc(F)c(Br)c(F)c3)nn2)[C@H]1O. The van der Waals surface area contributed by atoms with E-state index < -0.39 is 61.7 Å². The molecule has 0 saturated carbocycles. The van der Waals surface area contributed by atoms with Gasteiger partial charge in [-0.2, -0.15) is 0 Å². The van der Waals surface area contributed by atoms with Gasteiger partial charge in [-0.15, -0.1) is 26.6 Å². The second-order valence-electron chi connectivity index (χ2n) is 9.35. The lowest BCUT2D eigenvalue weighted by Gasteiger charge is -2.43. The zero-order valence-electron chi connectivity index (χ0n) is 21.1. The highest BCUT2D eigenvalue weighted by Gasteiger charge is 2.50. The lowest BCUT2D eigenvalue weighted by molar-refractivity contribution is -0.229. The number of ether oxygens (including phenoxy) is 2. The molecule has 11 nitrogen and oxygen atoms in total. The van der Waals surface area contributed by atoms with Gasteiger partial charge in [0, 0.05) is 11.3 Å². The number of thiazole rings is 1. The third-order valence-electron chi connectivity index (χ3n) is 6.80. The third-order valence-corrected chi connectivity index (χ3v) is 8.35. The number of benzene rings is 2. The fraction of sp³-hybridized carbons (Fsp3) is 0.320. The summed E-state index contributed by atoms with van der Waals surface area (Å²) in [7, 11) is 0. The minimum atomic E-state index is -2.87. The first kappa shape index (κ1) is 28.8. The van der Waals surface area contributed by atoms with E-state index in [-0.39, 0.29) is 21.6 Å². The van der Waals surface area contributed by atoms with Crippen LogP contribution in [0.15, 0.2) is 52.8 Å². The van der Waals surface area contributed by atoms with Gasteiger partial charge < -0.3 is 19.7 Å². The molecule has 3 aromatic heterocycles. The standard InChI is InChI=1S/C25H20BrF4N7O4S/c26-20-13(27)3-11(4-14(20)28)16-6-37(35-33-16)21-22(39)17(7-38)41-24(23(21)40-8-19(29)30)25-34-32-9-36(25)12-1-2-15-18(5-12)42-10-31-15/h1-6,9-10,17,19,21-24,38-39H,7-8H2/t17-,21+,22+,23?,24-/m1/s1. The van der Waals surface area contributed by atoms with Gasteiger partial charge >= 0.3 is 0 Å². The molecule has 0 amide bonds. The lowest BCUT2D eigenvalue weighted by atomic mass is 9.91. The van der Waals surface area contributed by atoms with E-state index in [1.807, 2.05) is 6.07 Å². The van der Waals surface area contributed by atoms with Crippen molar-refractivity contribution in [3.05, 3.63) is 70.3 Å². The molecule has 2 N–H and O–H groups in total. The van der Waals surface area contributed by atoms with Crippen molar-refractivity contribution in [2.75, 3.05) is 13.2 Å². The molecule has 0 bridgehead atoms. The first-order chi connectivity index (χ1) is 20.2. The number of aromatic nitrogens is 7. The minimum absolute atomic E-state index is 0.0322. The number of aliphatic hydroxyl groups is 2. The maximum atomic E-state index is 14.2. The fourth-order valence-electron chi connectivity index (χ4n) is 4.86. The number of nitrogens with zero attached hydrogens (tertiary/aromatic N) is 7. The van der Waals surface area contributed by atoms with E-state index in [4.69, 9.17) is 9.47 Å². The highest BCUT2D eigenvalue weighted by atomic mass is 79.9. The van der Waals surface area contributed by atoms with Crippen LogP contribution in [-0.4, -0.2) is 82.9 Å². The predicted octanol–water partition coefficient (Wildman–Crippen LogP) is 3.86.